The molecular weight excluding hydrogens is 707 g/mol. The Labute approximate surface area is 313 Å². The summed E-state index contributed by atoms with van der Waals surface area (Å²) in [7, 11) is -10.5. The van der Waals surface area contributed by atoms with Gasteiger partial charge in [-0.05, 0) is 49.5 Å². The maximum absolute atomic E-state index is 14.8. The van der Waals surface area contributed by atoms with Crippen molar-refractivity contribution in [3.8, 4) is 0 Å². The van der Waals surface area contributed by atoms with Crippen molar-refractivity contribution >= 4 is 56.4 Å². The molecule has 0 atom stereocenters. The molecule has 0 aromatic heterocycles. The van der Waals surface area contributed by atoms with Crippen LogP contribution in [0.25, 0.3) is 5.31 Å². The fraction of sp³-hybridized carbons (Fsp3) is 0.0435. The summed E-state index contributed by atoms with van der Waals surface area (Å²) < 4.78 is 40.5. The first-order valence-electron chi connectivity index (χ1n) is 17.5. The van der Waals surface area contributed by atoms with Crippen LogP contribution in [0.5, 0.6) is 0 Å². The Morgan fingerprint density at radius 1 is 0.472 bits per heavy atom. The fourth-order valence-electron chi connectivity index (χ4n) is 6.45. The van der Waals surface area contributed by atoms with E-state index in [1.54, 1.807) is 12.1 Å². The minimum absolute atomic E-state index is 0.158. The van der Waals surface area contributed by atoms with Crippen molar-refractivity contribution in [1.82, 2.24) is 0 Å². The lowest BCUT2D eigenvalue weighted by molar-refractivity contribution is 0.598. The van der Waals surface area contributed by atoms with E-state index in [-0.39, 0.29) is 4.90 Å². The molecular formula is C46H40N2O2P2S. The summed E-state index contributed by atoms with van der Waals surface area (Å²) >= 11 is 0. The third-order valence-corrected chi connectivity index (χ3v) is 18.6. The van der Waals surface area contributed by atoms with Gasteiger partial charge in [0.1, 0.15) is 0 Å². The predicted molar refractivity (Wildman–Crippen MR) is 227 cm³/mol. The Hall–Kier alpha value is -5.31. The summed E-state index contributed by atoms with van der Waals surface area (Å²) in [6, 6.07) is 66.2. The summed E-state index contributed by atoms with van der Waals surface area (Å²) in [5.74, 6) is 2.20. The van der Waals surface area contributed by atoms with Crippen LogP contribution in [0.4, 0.5) is 5.69 Å². The molecule has 0 aliphatic heterocycles. The van der Waals surface area contributed by atoms with Gasteiger partial charge in [-0.2, -0.15) is 12.6 Å². The number of sulfonamides is 1. The van der Waals surface area contributed by atoms with Gasteiger partial charge in [-0.3, -0.25) is 4.74 Å². The van der Waals surface area contributed by atoms with Crippen molar-refractivity contribution in [3.63, 3.8) is 0 Å². The van der Waals surface area contributed by atoms with E-state index in [4.69, 9.17) is 8.90 Å². The molecule has 0 heterocycles. The van der Waals surface area contributed by atoms with E-state index in [0.717, 1.165) is 48.9 Å². The van der Waals surface area contributed by atoms with Crippen LogP contribution in [0, 0.1) is 13.8 Å². The number of benzene rings is 7. The van der Waals surface area contributed by atoms with E-state index < -0.39 is 24.1 Å². The SMILES string of the molecule is Cc1ccc(N=P(/C(=C/P(=NS(=O)(=O)c2ccc(C)cc2)(c2ccccc2)c2ccccc2)c2ccccc2)(c2ccccc2)c2ccccc2)cc1. The van der Waals surface area contributed by atoms with Gasteiger partial charge in [0, 0.05) is 26.5 Å². The maximum atomic E-state index is 14.8. The molecule has 7 aromatic rings. The van der Waals surface area contributed by atoms with Gasteiger partial charge in [0.05, 0.1) is 24.7 Å². The zero-order valence-corrected chi connectivity index (χ0v) is 32.2. The van der Waals surface area contributed by atoms with E-state index in [1.807, 2.05) is 110 Å². The number of hydrogen-bond acceptors (Lipinski definition) is 3. The molecule has 53 heavy (non-hydrogen) atoms. The Balaban J connectivity index is 1.74. The number of hydrogen-bond donors (Lipinski definition) is 0. The van der Waals surface area contributed by atoms with Gasteiger partial charge < -0.3 is 0 Å². The van der Waals surface area contributed by atoms with Crippen LogP contribution in [-0.2, 0) is 10.0 Å². The predicted octanol–water partition coefficient (Wildman–Crippen LogP) is 11.0. The Morgan fingerprint density at radius 2 is 0.849 bits per heavy atom. The molecule has 0 saturated carbocycles. The second-order valence-electron chi connectivity index (χ2n) is 12.8. The monoisotopic (exact) mass is 746 g/mol. The van der Waals surface area contributed by atoms with Crippen LogP contribution in [0.2, 0.25) is 0 Å². The summed E-state index contributed by atoms with van der Waals surface area (Å²) in [5.41, 5.74) is 3.90. The highest BCUT2D eigenvalue weighted by Gasteiger charge is 2.35. The first-order chi connectivity index (χ1) is 25.8. The third kappa shape index (κ3) is 7.61. The zero-order valence-electron chi connectivity index (χ0n) is 29.6. The number of aryl methyl sites for hydroxylation is 2. The topological polar surface area (TPSA) is 58.9 Å². The third-order valence-electron chi connectivity index (χ3n) is 9.14. The maximum Gasteiger partial charge on any atom is 0.281 e. The molecule has 4 nitrogen and oxygen atoms in total. The molecule has 262 valence electrons. The van der Waals surface area contributed by atoms with Crippen molar-refractivity contribution < 1.29 is 8.42 Å². The van der Waals surface area contributed by atoms with Crippen LogP contribution < -0.4 is 21.2 Å². The van der Waals surface area contributed by atoms with Gasteiger partial charge in [-0.25, -0.2) is 0 Å². The highest BCUT2D eigenvalue weighted by Crippen LogP contribution is 2.66. The van der Waals surface area contributed by atoms with Crippen molar-refractivity contribution in [2.24, 2.45) is 8.90 Å². The quantitative estimate of drug-likeness (QED) is 0.131. The second kappa shape index (κ2) is 15.7. The average molecular weight is 747 g/mol. The minimum Gasteiger partial charge on any atom is -0.254 e. The van der Waals surface area contributed by atoms with Gasteiger partial charge in [-0.1, -0.05) is 187 Å². The van der Waals surface area contributed by atoms with Crippen molar-refractivity contribution in [1.29, 1.82) is 0 Å². The summed E-state index contributed by atoms with van der Waals surface area (Å²) in [6.07, 6.45) is 0. The molecule has 0 spiro atoms. The second-order valence-corrected chi connectivity index (χ2v) is 20.6. The van der Waals surface area contributed by atoms with Crippen LogP contribution in [-0.4, -0.2) is 8.42 Å². The van der Waals surface area contributed by atoms with E-state index in [2.05, 4.69) is 97.7 Å². The largest absolute Gasteiger partial charge is 0.281 e. The Morgan fingerprint density at radius 3 is 1.28 bits per heavy atom. The molecule has 7 aromatic carbocycles. The molecule has 0 unspecified atom stereocenters. The number of rotatable bonds is 10. The van der Waals surface area contributed by atoms with Gasteiger partial charge in [0.15, 0.2) is 0 Å². The molecule has 0 fully saturated rings. The minimum atomic E-state index is -4.19. The lowest BCUT2D eigenvalue weighted by Crippen LogP contribution is -2.20. The normalized spacial score (nSPS) is 12.2. The molecule has 0 aliphatic carbocycles. The molecule has 0 radical (unpaired) electrons. The highest BCUT2D eigenvalue weighted by molar-refractivity contribution is 7.99. The molecule has 0 saturated heterocycles. The van der Waals surface area contributed by atoms with E-state index in [9.17, 15) is 8.42 Å². The molecule has 0 amide bonds. The molecule has 0 aliphatic rings. The number of nitrogens with zero attached hydrogens (tertiary/aromatic N) is 2. The zero-order chi connectivity index (χ0) is 36.7. The van der Waals surface area contributed by atoms with Crippen molar-refractivity contribution in [3.05, 3.63) is 223 Å². The fourth-order valence-corrected chi connectivity index (χ4v) is 16.5. The van der Waals surface area contributed by atoms with Crippen LogP contribution in [0.1, 0.15) is 16.7 Å². The van der Waals surface area contributed by atoms with Crippen LogP contribution in [0.3, 0.4) is 0 Å². The Kier molecular flexibility index (Phi) is 10.7. The van der Waals surface area contributed by atoms with Gasteiger partial charge in [-0.15, -0.1) is 0 Å². The molecule has 7 heteroatoms. The summed E-state index contributed by atoms with van der Waals surface area (Å²) in [5, 5.41) is 4.67. The highest BCUT2D eigenvalue weighted by atomic mass is 32.2. The van der Waals surface area contributed by atoms with Crippen LogP contribution >= 0.6 is 14.1 Å². The lowest BCUT2D eigenvalue weighted by Gasteiger charge is -2.32. The van der Waals surface area contributed by atoms with Gasteiger partial charge >= 0.3 is 0 Å². The standard InChI is InChI=1S/C46H40N2O2P2S/c1-37-28-32-40(33-29-37)47-52(43-24-14-6-15-25-43,44-26-16-7-17-27-44)46(39-18-8-3-9-19-39)36-51(41-20-10-4-11-21-41,42-22-12-5-13-23-42)48-53(49,50)45-34-30-38(2)31-35-45/h3-36H,1-2H3/b46-36+. The summed E-state index contributed by atoms with van der Waals surface area (Å²) in [4.78, 5) is 0.158. The molecule has 7 rings (SSSR count). The van der Waals surface area contributed by atoms with Crippen LogP contribution in [0.15, 0.2) is 220 Å². The molecule has 0 bridgehead atoms. The average Bonchev–Trinajstić information content (AvgIpc) is 3.21. The van der Waals surface area contributed by atoms with Gasteiger partial charge in [0.2, 0.25) is 0 Å². The molecule has 0 N–H and O–H groups in total. The lowest BCUT2D eigenvalue weighted by atomic mass is 10.2. The Bertz CT molecular complexity index is 2470. The van der Waals surface area contributed by atoms with Gasteiger partial charge in [0.25, 0.3) is 10.0 Å². The van der Waals surface area contributed by atoms with Crippen molar-refractivity contribution in [2.75, 3.05) is 0 Å². The van der Waals surface area contributed by atoms with Crippen molar-refractivity contribution in [2.45, 2.75) is 18.7 Å². The first kappa shape index (κ1) is 36.1. The smallest absolute Gasteiger partial charge is 0.254 e. The van der Waals surface area contributed by atoms with E-state index >= 15 is 0 Å². The van der Waals surface area contributed by atoms with E-state index in [1.165, 1.54) is 0 Å². The first-order valence-corrected chi connectivity index (χ1v) is 22.4. The van der Waals surface area contributed by atoms with E-state index in [0.29, 0.717) is 0 Å². The summed E-state index contributed by atoms with van der Waals surface area (Å²) in [6.45, 7) is 4.02.